The standard InChI is InChI=1S/C62H38N6S/c1-4-15-38(16-5-1)57-63-58(39-17-6-2-7-18-39)66-61(65-57)42-31-33-47-50(35-42)54-45-21-10-11-22-46(45)55(47)51-36-43(32-34-48(51)54)62-67-59(40-19-8-3-9-20-40)64-60(68-62)41-29-27-37(28-30-41)44-24-14-26-53-56(44)49-23-12-13-25-52(49)69-53/h1-36,54-55H. The molecule has 322 valence electrons. The largest absolute Gasteiger partial charge is 0.208 e. The third-order valence-corrected chi connectivity index (χ3v) is 14.9. The first-order chi connectivity index (χ1) is 34.2. The smallest absolute Gasteiger partial charge is 0.164 e. The molecule has 0 N–H and O–H groups in total. The van der Waals surface area contributed by atoms with Crippen molar-refractivity contribution in [3.63, 3.8) is 0 Å². The first-order valence-electron chi connectivity index (χ1n) is 23.3. The highest BCUT2D eigenvalue weighted by atomic mass is 32.1. The van der Waals surface area contributed by atoms with Crippen LogP contribution < -0.4 is 0 Å². The van der Waals surface area contributed by atoms with Crippen molar-refractivity contribution in [3.8, 4) is 79.5 Å². The summed E-state index contributed by atoms with van der Waals surface area (Å²) in [6, 6.07) is 77.0. The first kappa shape index (κ1) is 39.4. The third kappa shape index (κ3) is 6.61. The fraction of sp³-hybridized carbons (Fsp3) is 0.0323. The Bertz CT molecular complexity index is 3910. The molecule has 0 amide bonds. The van der Waals surface area contributed by atoms with E-state index in [9.17, 15) is 0 Å². The second-order valence-corrected chi connectivity index (χ2v) is 18.8. The molecule has 0 saturated carbocycles. The molecule has 0 radical (unpaired) electrons. The highest BCUT2D eigenvalue weighted by molar-refractivity contribution is 7.25. The highest BCUT2D eigenvalue weighted by Gasteiger charge is 2.41. The molecular formula is C62H38N6S. The van der Waals surface area contributed by atoms with Crippen molar-refractivity contribution in [1.82, 2.24) is 29.9 Å². The van der Waals surface area contributed by atoms with Crippen molar-refractivity contribution in [2.24, 2.45) is 0 Å². The van der Waals surface area contributed by atoms with E-state index >= 15 is 0 Å². The Morgan fingerprint density at radius 2 is 0.623 bits per heavy atom. The van der Waals surface area contributed by atoms with E-state index in [1.165, 1.54) is 59.1 Å². The van der Waals surface area contributed by atoms with Gasteiger partial charge < -0.3 is 0 Å². The lowest BCUT2D eigenvalue weighted by Gasteiger charge is -2.42. The Hall–Kier alpha value is -8.78. The molecule has 3 aromatic heterocycles. The molecule has 15 rings (SSSR count). The van der Waals surface area contributed by atoms with Gasteiger partial charge in [0.15, 0.2) is 34.9 Å². The van der Waals surface area contributed by atoms with Gasteiger partial charge in [0.2, 0.25) is 0 Å². The topological polar surface area (TPSA) is 77.3 Å². The minimum absolute atomic E-state index is 0.0237. The zero-order valence-corrected chi connectivity index (χ0v) is 37.8. The van der Waals surface area contributed by atoms with Gasteiger partial charge in [-0.15, -0.1) is 11.3 Å². The van der Waals surface area contributed by atoms with Crippen LogP contribution in [0.2, 0.25) is 0 Å². The monoisotopic (exact) mass is 898 g/mol. The zero-order valence-electron chi connectivity index (χ0n) is 37.0. The lowest BCUT2D eigenvalue weighted by molar-refractivity contribution is 0.754. The van der Waals surface area contributed by atoms with Crippen LogP contribution in [-0.4, -0.2) is 29.9 Å². The molecule has 69 heavy (non-hydrogen) atoms. The summed E-state index contributed by atoms with van der Waals surface area (Å²) in [5.41, 5.74) is 15.9. The number of thiophene rings is 1. The molecule has 0 fully saturated rings. The summed E-state index contributed by atoms with van der Waals surface area (Å²) < 4.78 is 2.59. The fourth-order valence-corrected chi connectivity index (χ4v) is 11.7. The van der Waals surface area contributed by atoms with Gasteiger partial charge in [0.25, 0.3) is 0 Å². The number of fused-ring (bicyclic) bond motifs is 3. The summed E-state index contributed by atoms with van der Waals surface area (Å²) >= 11 is 1.84. The van der Waals surface area contributed by atoms with E-state index in [1.54, 1.807) is 0 Å². The van der Waals surface area contributed by atoms with E-state index in [-0.39, 0.29) is 11.8 Å². The predicted octanol–water partition coefficient (Wildman–Crippen LogP) is 15.1. The van der Waals surface area contributed by atoms with Crippen LogP contribution in [0.5, 0.6) is 0 Å². The van der Waals surface area contributed by atoms with E-state index in [1.807, 2.05) is 90.2 Å². The molecule has 2 atom stereocenters. The molecule has 3 heterocycles. The maximum Gasteiger partial charge on any atom is 0.164 e. The van der Waals surface area contributed by atoms with Crippen LogP contribution in [0.25, 0.3) is 99.6 Å². The number of benzene rings is 9. The minimum atomic E-state index is 0.0237. The Kier molecular flexibility index (Phi) is 9.10. The quantitative estimate of drug-likeness (QED) is 0.159. The summed E-state index contributed by atoms with van der Waals surface area (Å²) in [5, 5.41) is 2.58. The molecule has 0 spiro atoms. The number of hydrogen-bond acceptors (Lipinski definition) is 7. The van der Waals surface area contributed by atoms with Crippen molar-refractivity contribution < 1.29 is 0 Å². The van der Waals surface area contributed by atoms with Crippen LogP contribution in [-0.2, 0) is 0 Å². The summed E-state index contributed by atoms with van der Waals surface area (Å²) in [7, 11) is 0. The Labute approximate surface area is 402 Å². The highest BCUT2D eigenvalue weighted by Crippen LogP contribution is 2.56. The van der Waals surface area contributed by atoms with Gasteiger partial charge in [0.05, 0.1) is 0 Å². The maximum absolute atomic E-state index is 5.25. The maximum atomic E-state index is 5.25. The van der Waals surface area contributed by atoms with Crippen molar-refractivity contribution in [1.29, 1.82) is 0 Å². The third-order valence-electron chi connectivity index (χ3n) is 13.8. The summed E-state index contributed by atoms with van der Waals surface area (Å²) in [6.07, 6.45) is 0. The van der Waals surface area contributed by atoms with Crippen molar-refractivity contribution in [3.05, 3.63) is 252 Å². The summed E-state index contributed by atoms with van der Waals surface area (Å²) in [6.45, 7) is 0. The van der Waals surface area contributed by atoms with E-state index in [2.05, 4.69) is 140 Å². The molecule has 2 unspecified atom stereocenters. The van der Waals surface area contributed by atoms with Gasteiger partial charge >= 0.3 is 0 Å². The first-order valence-corrected chi connectivity index (χ1v) is 24.1. The van der Waals surface area contributed by atoms with E-state index in [0.29, 0.717) is 34.9 Å². The minimum Gasteiger partial charge on any atom is -0.208 e. The normalized spacial score (nSPS) is 14.4. The van der Waals surface area contributed by atoms with Gasteiger partial charge in [0, 0.05) is 65.4 Å². The molecule has 0 saturated heterocycles. The molecule has 6 nitrogen and oxygen atoms in total. The van der Waals surface area contributed by atoms with Gasteiger partial charge in [-0.1, -0.05) is 194 Å². The molecule has 7 heteroatoms. The molecule has 3 aliphatic carbocycles. The van der Waals surface area contributed by atoms with E-state index in [0.717, 1.165) is 38.9 Å². The number of nitrogens with zero attached hydrogens (tertiary/aromatic N) is 6. The number of rotatable bonds is 7. The Morgan fingerprint density at radius 3 is 1.12 bits per heavy atom. The second kappa shape index (κ2) is 15.9. The fourth-order valence-electron chi connectivity index (χ4n) is 10.6. The number of aromatic nitrogens is 6. The van der Waals surface area contributed by atoms with Crippen LogP contribution in [0.15, 0.2) is 218 Å². The average molecular weight is 899 g/mol. The predicted molar refractivity (Wildman–Crippen MR) is 279 cm³/mol. The van der Waals surface area contributed by atoms with Gasteiger partial charge in [0.1, 0.15) is 0 Å². The van der Waals surface area contributed by atoms with Gasteiger partial charge in [-0.2, -0.15) is 0 Å². The van der Waals surface area contributed by atoms with Crippen LogP contribution in [0, 0.1) is 0 Å². The van der Waals surface area contributed by atoms with Gasteiger partial charge in [-0.05, 0) is 68.8 Å². The average Bonchev–Trinajstić information content (AvgIpc) is 3.82. The van der Waals surface area contributed by atoms with Crippen molar-refractivity contribution in [2.75, 3.05) is 0 Å². The lowest BCUT2D eigenvalue weighted by atomic mass is 9.61. The van der Waals surface area contributed by atoms with Crippen LogP contribution in [0.1, 0.15) is 45.2 Å². The van der Waals surface area contributed by atoms with Gasteiger partial charge in [-0.3, -0.25) is 0 Å². The van der Waals surface area contributed by atoms with Crippen molar-refractivity contribution >= 4 is 31.5 Å². The van der Waals surface area contributed by atoms with Crippen molar-refractivity contribution in [2.45, 2.75) is 11.8 Å². The lowest BCUT2D eigenvalue weighted by Crippen LogP contribution is -2.27. The Balaban J connectivity index is 0.866. The van der Waals surface area contributed by atoms with Crippen LogP contribution in [0.4, 0.5) is 0 Å². The van der Waals surface area contributed by atoms with Crippen LogP contribution >= 0.6 is 11.3 Å². The SMILES string of the molecule is c1ccc(-c2nc(-c3ccccc3)nc(-c3ccc4c(c3)C3c5ccccc5C4c4cc(-c5nc(-c6ccccc6)nc(-c6ccc(-c7cccc8sc9ccccc9c78)cc6)n5)ccc43)n2)cc1. The van der Waals surface area contributed by atoms with E-state index < -0.39 is 0 Å². The Morgan fingerprint density at radius 1 is 0.261 bits per heavy atom. The molecule has 2 bridgehead atoms. The zero-order chi connectivity index (χ0) is 45.4. The summed E-state index contributed by atoms with van der Waals surface area (Å²) in [5.74, 6) is 3.92. The molecule has 3 aliphatic rings. The van der Waals surface area contributed by atoms with Crippen LogP contribution in [0.3, 0.4) is 0 Å². The second-order valence-electron chi connectivity index (χ2n) is 17.7. The molecule has 12 aromatic rings. The molecular weight excluding hydrogens is 861 g/mol. The molecule has 9 aromatic carbocycles. The van der Waals surface area contributed by atoms with Gasteiger partial charge in [-0.25, -0.2) is 29.9 Å². The number of hydrogen-bond donors (Lipinski definition) is 0. The van der Waals surface area contributed by atoms with E-state index in [4.69, 9.17) is 29.9 Å². The summed E-state index contributed by atoms with van der Waals surface area (Å²) in [4.78, 5) is 30.7. The molecule has 0 aliphatic heterocycles.